The number of carbonyl (C=O) groups is 1. The Morgan fingerprint density at radius 1 is 1.19 bits per heavy atom. The first-order valence-corrected chi connectivity index (χ1v) is 9.26. The smallest absolute Gasteiger partial charge is 0.257 e. The molecule has 1 heterocycles. The van der Waals surface area contributed by atoms with Gasteiger partial charge in [0.25, 0.3) is 5.91 Å². The van der Waals surface area contributed by atoms with Crippen LogP contribution in [0.3, 0.4) is 0 Å². The maximum absolute atomic E-state index is 13.1. The van der Waals surface area contributed by atoms with E-state index in [9.17, 15) is 4.79 Å². The van der Waals surface area contributed by atoms with Crippen molar-refractivity contribution in [3.8, 4) is 11.4 Å². The third-order valence-corrected chi connectivity index (χ3v) is 4.93. The minimum atomic E-state index is 0.00790. The van der Waals surface area contributed by atoms with Crippen LogP contribution in [0.1, 0.15) is 28.8 Å². The highest BCUT2D eigenvalue weighted by Gasteiger charge is 2.33. The van der Waals surface area contributed by atoms with Crippen LogP contribution in [-0.4, -0.2) is 33.7 Å². The van der Waals surface area contributed by atoms with Crippen molar-refractivity contribution in [2.45, 2.75) is 25.4 Å². The first kappa shape index (κ1) is 17.6. The lowest BCUT2D eigenvalue weighted by Crippen LogP contribution is -2.32. The monoisotopic (exact) mass is 381 g/mol. The summed E-state index contributed by atoms with van der Waals surface area (Å²) in [6, 6.07) is 15.5. The topological polar surface area (TPSA) is 47.4 Å². The number of amides is 1. The molecule has 1 aromatic heterocycles. The molecule has 0 spiro atoms. The van der Waals surface area contributed by atoms with Crippen molar-refractivity contribution in [2.24, 2.45) is 0 Å². The Labute approximate surface area is 163 Å². The minimum absolute atomic E-state index is 0.00790. The number of aromatic nitrogens is 2. The van der Waals surface area contributed by atoms with E-state index in [1.165, 1.54) is 0 Å². The molecule has 27 heavy (non-hydrogen) atoms. The van der Waals surface area contributed by atoms with Gasteiger partial charge in [0.2, 0.25) is 0 Å². The van der Waals surface area contributed by atoms with Gasteiger partial charge in [-0.2, -0.15) is 5.10 Å². The van der Waals surface area contributed by atoms with E-state index in [4.69, 9.17) is 16.3 Å². The van der Waals surface area contributed by atoms with Gasteiger partial charge in [0.1, 0.15) is 5.75 Å². The highest BCUT2D eigenvalue weighted by molar-refractivity contribution is 6.30. The van der Waals surface area contributed by atoms with E-state index in [0.29, 0.717) is 23.2 Å². The van der Waals surface area contributed by atoms with Crippen molar-refractivity contribution in [2.75, 3.05) is 7.11 Å². The van der Waals surface area contributed by atoms with Crippen LogP contribution in [0.4, 0.5) is 0 Å². The fraction of sp³-hybridized carbons (Fsp3) is 0.238. The van der Waals surface area contributed by atoms with Gasteiger partial charge in [-0.15, -0.1) is 0 Å². The largest absolute Gasteiger partial charge is 0.497 e. The molecule has 0 aliphatic heterocycles. The number of hydrogen-bond donors (Lipinski definition) is 0. The first-order chi connectivity index (χ1) is 13.1. The Kier molecular flexibility index (Phi) is 4.86. The molecule has 138 valence electrons. The second-order valence-electron chi connectivity index (χ2n) is 6.66. The van der Waals surface area contributed by atoms with Crippen LogP contribution in [0.2, 0.25) is 5.02 Å². The van der Waals surface area contributed by atoms with Gasteiger partial charge in [-0.3, -0.25) is 4.79 Å². The summed E-state index contributed by atoms with van der Waals surface area (Å²) in [5, 5.41) is 5.01. The Hall–Kier alpha value is -2.79. The summed E-state index contributed by atoms with van der Waals surface area (Å²) in [6.07, 6.45) is 5.50. The molecule has 1 saturated carbocycles. The van der Waals surface area contributed by atoms with Crippen LogP contribution in [-0.2, 0) is 6.54 Å². The van der Waals surface area contributed by atoms with Crippen LogP contribution < -0.4 is 4.74 Å². The van der Waals surface area contributed by atoms with Gasteiger partial charge in [-0.25, -0.2) is 4.68 Å². The molecule has 1 fully saturated rings. The quantitative estimate of drug-likeness (QED) is 0.638. The van der Waals surface area contributed by atoms with Crippen molar-refractivity contribution in [3.63, 3.8) is 0 Å². The van der Waals surface area contributed by atoms with Gasteiger partial charge in [0.05, 0.1) is 24.6 Å². The summed E-state index contributed by atoms with van der Waals surface area (Å²) in [5.41, 5.74) is 2.54. The molecule has 5 nitrogen and oxygen atoms in total. The lowest BCUT2D eigenvalue weighted by molar-refractivity contribution is 0.0730. The van der Waals surface area contributed by atoms with Crippen LogP contribution in [0, 0.1) is 0 Å². The molecule has 1 aliphatic rings. The van der Waals surface area contributed by atoms with Gasteiger partial charge >= 0.3 is 0 Å². The van der Waals surface area contributed by atoms with Crippen LogP contribution >= 0.6 is 11.6 Å². The van der Waals surface area contributed by atoms with E-state index < -0.39 is 0 Å². The predicted molar refractivity (Wildman–Crippen MR) is 104 cm³/mol. The molecule has 0 saturated heterocycles. The lowest BCUT2D eigenvalue weighted by Gasteiger charge is -2.22. The molecule has 0 radical (unpaired) electrons. The van der Waals surface area contributed by atoms with E-state index in [1.54, 1.807) is 36.3 Å². The van der Waals surface area contributed by atoms with Crippen molar-refractivity contribution in [3.05, 3.63) is 77.1 Å². The summed E-state index contributed by atoms with van der Waals surface area (Å²) >= 11 is 5.94. The number of benzene rings is 2. The Balaban J connectivity index is 1.53. The molecule has 6 heteroatoms. The summed E-state index contributed by atoms with van der Waals surface area (Å²) in [7, 11) is 1.65. The zero-order chi connectivity index (χ0) is 18.8. The minimum Gasteiger partial charge on any atom is -0.497 e. The number of ether oxygens (including phenoxy) is 1. The number of nitrogens with zero attached hydrogens (tertiary/aromatic N) is 3. The molecule has 0 N–H and O–H groups in total. The van der Waals surface area contributed by atoms with Crippen molar-refractivity contribution in [1.29, 1.82) is 0 Å². The molecule has 0 bridgehead atoms. The normalized spacial score (nSPS) is 13.4. The molecule has 2 aromatic carbocycles. The molecule has 4 rings (SSSR count). The number of halogens is 1. The lowest BCUT2D eigenvalue weighted by atomic mass is 10.2. The molecular formula is C21H20ClN3O2. The maximum Gasteiger partial charge on any atom is 0.257 e. The third-order valence-electron chi connectivity index (χ3n) is 4.68. The van der Waals surface area contributed by atoms with Gasteiger partial charge in [-0.1, -0.05) is 23.7 Å². The van der Waals surface area contributed by atoms with Crippen LogP contribution in [0.5, 0.6) is 5.75 Å². The molecule has 1 aliphatic carbocycles. The van der Waals surface area contributed by atoms with Crippen LogP contribution in [0.25, 0.3) is 5.69 Å². The summed E-state index contributed by atoms with van der Waals surface area (Å²) in [4.78, 5) is 15.0. The van der Waals surface area contributed by atoms with E-state index >= 15 is 0 Å². The maximum atomic E-state index is 13.1. The van der Waals surface area contributed by atoms with Gasteiger partial charge in [0, 0.05) is 23.8 Å². The van der Waals surface area contributed by atoms with Gasteiger partial charge in [-0.05, 0) is 54.8 Å². The van der Waals surface area contributed by atoms with Crippen molar-refractivity contribution < 1.29 is 9.53 Å². The molecule has 3 aromatic rings. The van der Waals surface area contributed by atoms with E-state index in [0.717, 1.165) is 29.8 Å². The standard InChI is InChI=1S/C21H20ClN3O2/c1-27-20-10-2-15(3-11-20)13-24(18-8-9-18)21(26)16-12-23-25(14-16)19-6-4-17(22)5-7-19/h2-7,10-12,14,18H,8-9,13H2,1H3. The molecular weight excluding hydrogens is 362 g/mol. The number of carbonyl (C=O) groups excluding carboxylic acids is 1. The fourth-order valence-corrected chi connectivity index (χ4v) is 3.14. The first-order valence-electron chi connectivity index (χ1n) is 8.88. The van der Waals surface area contributed by atoms with Crippen LogP contribution in [0.15, 0.2) is 60.9 Å². The number of hydrogen-bond acceptors (Lipinski definition) is 3. The van der Waals surface area contributed by atoms with Crippen molar-refractivity contribution >= 4 is 17.5 Å². The highest BCUT2D eigenvalue weighted by atomic mass is 35.5. The van der Waals surface area contributed by atoms with Gasteiger partial charge < -0.3 is 9.64 Å². The third kappa shape index (κ3) is 3.98. The van der Waals surface area contributed by atoms with E-state index in [-0.39, 0.29) is 5.91 Å². The van der Waals surface area contributed by atoms with E-state index in [2.05, 4.69) is 5.10 Å². The highest BCUT2D eigenvalue weighted by Crippen LogP contribution is 2.30. The van der Waals surface area contributed by atoms with Gasteiger partial charge in [0.15, 0.2) is 0 Å². The zero-order valence-electron chi connectivity index (χ0n) is 15.0. The second-order valence-corrected chi connectivity index (χ2v) is 7.10. The second kappa shape index (κ2) is 7.45. The van der Waals surface area contributed by atoms with E-state index in [1.807, 2.05) is 41.3 Å². The predicted octanol–water partition coefficient (Wildman–Crippen LogP) is 4.34. The Bertz CT molecular complexity index is 931. The number of methoxy groups -OCH3 is 1. The average molecular weight is 382 g/mol. The zero-order valence-corrected chi connectivity index (χ0v) is 15.8. The summed E-state index contributed by atoms with van der Waals surface area (Å²) in [5.74, 6) is 0.820. The summed E-state index contributed by atoms with van der Waals surface area (Å²) in [6.45, 7) is 0.583. The molecule has 0 unspecified atom stereocenters. The Morgan fingerprint density at radius 3 is 2.52 bits per heavy atom. The molecule has 0 atom stereocenters. The summed E-state index contributed by atoms with van der Waals surface area (Å²) < 4.78 is 6.90. The van der Waals surface area contributed by atoms with Crippen molar-refractivity contribution in [1.82, 2.24) is 14.7 Å². The number of rotatable bonds is 6. The Morgan fingerprint density at radius 2 is 1.89 bits per heavy atom. The molecule has 1 amide bonds. The fourth-order valence-electron chi connectivity index (χ4n) is 3.01. The SMILES string of the molecule is COc1ccc(CN(C(=O)c2cnn(-c3ccc(Cl)cc3)c2)C2CC2)cc1. The average Bonchev–Trinajstić information content (AvgIpc) is 3.42.